The van der Waals surface area contributed by atoms with Crippen LogP contribution in [0.4, 0.5) is 26.3 Å². The van der Waals surface area contributed by atoms with Gasteiger partial charge in [-0.05, 0) is 6.08 Å². The van der Waals surface area contributed by atoms with Crippen molar-refractivity contribution in [2.24, 2.45) is 0 Å². The number of aliphatic carboxylic acids is 3. The van der Waals surface area contributed by atoms with Crippen LogP contribution >= 0.6 is 11.8 Å². The second-order valence-corrected chi connectivity index (χ2v) is 5.47. The summed E-state index contributed by atoms with van der Waals surface area (Å²) < 4.78 is 63.5. The Morgan fingerprint density at radius 3 is 1.62 bits per heavy atom. The summed E-state index contributed by atoms with van der Waals surface area (Å²) in [6.45, 7) is 0. The van der Waals surface area contributed by atoms with E-state index in [-0.39, 0.29) is 17.0 Å². The molecule has 0 unspecified atom stereocenters. The van der Waals surface area contributed by atoms with Gasteiger partial charge in [0, 0.05) is 5.75 Å². The molecular weight excluding hydrogens is 404 g/mol. The normalized spacial score (nSPS) is 18.7. The summed E-state index contributed by atoms with van der Waals surface area (Å²) in [4.78, 5) is 40.8. The van der Waals surface area contributed by atoms with Crippen LogP contribution < -0.4 is 0 Å². The zero-order valence-electron chi connectivity index (χ0n) is 12.2. The lowest BCUT2D eigenvalue weighted by atomic mass is 10.1. The zero-order valence-corrected chi connectivity index (χ0v) is 13.0. The Balaban J connectivity index is 0.000000390. The summed E-state index contributed by atoms with van der Waals surface area (Å²) in [5, 5.41) is 23.0. The fourth-order valence-corrected chi connectivity index (χ4v) is 2.45. The number of thioether (sulfide) groups is 1. The molecule has 0 aliphatic carbocycles. The van der Waals surface area contributed by atoms with Crippen LogP contribution in [0, 0.1) is 0 Å². The van der Waals surface area contributed by atoms with Gasteiger partial charge in [-0.1, -0.05) is 0 Å². The molecule has 0 saturated carbocycles. The molecule has 8 nitrogen and oxygen atoms in total. The van der Waals surface area contributed by atoms with Gasteiger partial charge < -0.3 is 15.3 Å². The minimum absolute atomic E-state index is 0.0774. The molecule has 0 aromatic heterocycles. The lowest BCUT2D eigenvalue weighted by molar-refractivity contribution is -0.193. The number of rotatable bonds is 1. The van der Waals surface area contributed by atoms with Gasteiger partial charge in [0.1, 0.15) is 5.70 Å². The van der Waals surface area contributed by atoms with E-state index >= 15 is 0 Å². The van der Waals surface area contributed by atoms with Crippen molar-refractivity contribution >= 4 is 35.6 Å². The quantitative estimate of drug-likeness (QED) is 0.436. The minimum atomic E-state index is -5.08. The zero-order chi connectivity index (χ0) is 20.9. The Kier molecular flexibility index (Phi) is 7.95. The summed E-state index contributed by atoms with van der Waals surface area (Å²) in [5.74, 6) is -5.91. The van der Waals surface area contributed by atoms with E-state index in [2.05, 4.69) is 0 Å². The van der Waals surface area contributed by atoms with Crippen LogP contribution in [0.2, 0.25) is 0 Å². The maximum absolute atomic E-state index is 11.0. The van der Waals surface area contributed by atoms with Crippen molar-refractivity contribution < 1.29 is 60.8 Å². The molecule has 2 aliphatic heterocycles. The largest absolute Gasteiger partial charge is 0.490 e. The van der Waals surface area contributed by atoms with E-state index in [1.165, 1.54) is 4.90 Å². The number of carbonyl (C=O) groups excluding carboxylic acids is 1. The first-order valence-electron chi connectivity index (χ1n) is 6.06. The summed E-state index contributed by atoms with van der Waals surface area (Å²) >= 11 is 1.60. The molecule has 2 aliphatic rings. The number of fused-ring (bicyclic) bond motifs is 1. The third kappa shape index (κ3) is 7.20. The SMILES string of the molecule is O=C(O)C(F)(F)F.O=C(O)C(F)(F)F.O=C(O)C1=CCS[C@@H]2CC(=O)N12. The van der Waals surface area contributed by atoms with Gasteiger partial charge in [0.25, 0.3) is 0 Å². The van der Waals surface area contributed by atoms with Gasteiger partial charge in [0.05, 0.1) is 11.8 Å². The Bertz CT molecular complexity index is 591. The number of nitrogens with zero attached hydrogens (tertiary/aromatic N) is 1. The molecule has 0 bridgehead atoms. The lowest BCUT2D eigenvalue weighted by Crippen LogP contribution is -2.52. The Morgan fingerprint density at radius 1 is 1.00 bits per heavy atom. The van der Waals surface area contributed by atoms with Gasteiger partial charge >= 0.3 is 30.3 Å². The number of β-lactam (4-membered cyclic amide) rings is 1. The number of carboxylic acid groups (broad SMARTS) is 3. The molecule has 1 fully saturated rings. The van der Waals surface area contributed by atoms with Crippen LogP contribution in [0.25, 0.3) is 0 Å². The number of carbonyl (C=O) groups is 4. The van der Waals surface area contributed by atoms with Crippen LogP contribution in [-0.4, -0.2) is 67.5 Å². The Hall–Kier alpha value is -2.45. The van der Waals surface area contributed by atoms with Crippen LogP contribution in [0.5, 0.6) is 0 Å². The van der Waals surface area contributed by atoms with Crippen LogP contribution in [0.3, 0.4) is 0 Å². The highest BCUT2D eigenvalue weighted by Crippen LogP contribution is 2.36. The number of carboxylic acids is 3. The second-order valence-electron chi connectivity index (χ2n) is 4.26. The van der Waals surface area contributed by atoms with Crippen molar-refractivity contribution in [3.8, 4) is 0 Å². The highest BCUT2D eigenvalue weighted by atomic mass is 32.2. The topological polar surface area (TPSA) is 132 Å². The average molecular weight is 413 g/mol. The molecule has 0 aromatic carbocycles. The fourth-order valence-electron chi connectivity index (χ4n) is 1.34. The van der Waals surface area contributed by atoms with Gasteiger partial charge in [-0.3, -0.25) is 9.69 Å². The molecule has 2 heterocycles. The first-order valence-corrected chi connectivity index (χ1v) is 7.11. The molecule has 1 amide bonds. The molecule has 0 spiro atoms. The molecular formula is C11H9F6NO7S. The third-order valence-electron chi connectivity index (χ3n) is 2.43. The van der Waals surface area contributed by atoms with Gasteiger partial charge in [-0.15, -0.1) is 11.8 Å². The van der Waals surface area contributed by atoms with E-state index in [4.69, 9.17) is 24.9 Å². The van der Waals surface area contributed by atoms with Crippen molar-refractivity contribution in [2.75, 3.05) is 5.75 Å². The summed E-state index contributed by atoms with van der Waals surface area (Å²) in [6.07, 6.45) is -8.10. The standard InChI is InChI=1S/C7H7NO3S.2C2HF3O2/c9-5-3-6-8(5)4(7(10)11)1-2-12-6;2*3-2(4,5)1(6)7/h1,6H,2-3H2,(H,10,11);2*(H,6,7)/t6-;;/m1../s1. The predicted molar refractivity (Wildman–Crippen MR) is 70.8 cm³/mol. The van der Waals surface area contributed by atoms with Crippen LogP contribution in [0.15, 0.2) is 11.8 Å². The average Bonchev–Trinajstić information content (AvgIpc) is 2.44. The molecule has 2 rings (SSSR count). The van der Waals surface area contributed by atoms with E-state index in [9.17, 15) is 35.9 Å². The molecule has 0 radical (unpaired) electrons. The molecule has 1 atom stereocenters. The maximum atomic E-state index is 11.0. The van der Waals surface area contributed by atoms with E-state index in [0.717, 1.165) is 0 Å². The Labute approximate surface area is 144 Å². The molecule has 3 N–H and O–H groups in total. The van der Waals surface area contributed by atoms with E-state index in [0.29, 0.717) is 12.2 Å². The van der Waals surface area contributed by atoms with Gasteiger partial charge in [0.15, 0.2) is 0 Å². The summed E-state index contributed by atoms with van der Waals surface area (Å²) in [7, 11) is 0. The first-order chi connectivity index (χ1) is 11.6. The highest BCUT2D eigenvalue weighted by Gasteiger charge is 2.42. The molecule has 1 saturated heterocycles. The third-order valence-corrected chi connectivity index (χ3v) is 3.56. The minimum Gasteiger partial charge on any atom is -0.477 e. The number of alkyl halides is 6. The molecule has 148 valence electrons. The monoisotopic (exact) mass is 413 g/mol. The number of hydrogen-bond acceptors (Lipinski definition) is 5. The lowest BCUT2D eigenvalue weighted by Gasteiger charge is -2.42. The van der Waals surface area contributed by atoms with E-state index < -0.39 is 30.3 Å². The van der Waals surface area contributed by atoms with Crippen molar-refractivity contribution in [3.63, 3.8) is 0 Å². The first kappa shape index (κ1) is 23.5. The van der Waals surface area contributed by atoms with Crippen molar-refractivity contribution in [2.45, 2.75) is 24.1 Å². The number of halogens is 6. The molecule has 26 heavy (non-hydrogen) atoms. The molecule has 0 aromatic rings. The summed E-state index contributed by atoms with van der Waals surface area (Å²) in [6, 6.07) is 0. The number of amides is 1. The van der Waals surface area contributed by atoms with Crippen LogP contribution in [0.1, 0.15) is 6.42 Å². The molecule has 15 heteroatoms. The second kappa shape index (κ2) is 8.77. The summed E-state index contributed by atoms with van der Waals surface area (Å²) in [5.41, 5.74) is 0.148. The van der Waals surface area contributed by atoms with E-state index in [1.54, 1.807) is 17.8 Å². The maximum Gasteiger partial charge on any atom is 0.490 e. The Morgan fingerprint density at radius 2 is 1.38 bits per heavy atom. The van der Waals surface area contributed by atoms with Gasteiger partial charge in [-0.25, -0.2) is 14.4 Å². The fraction of sp³-hybridized carbons (Fsp3) is 0.455. The van der Waals surface area contributed by atoms with E-state index in [1.807, 2.05) is 0 Å². The predicted octanol–water partition coefficient (Wildman–Crippen LogP) is 1.53. The highest BCUT2D eigenvalue weighted by molar-refractivity contribution is 8.00. The van der Waals surface area contributed by atoms with Gasteiger partial charge in [0.2, 0.25) is 5.91 Å². The van der Waals surface area contributed by atoms with Gasteiger partial charge in [-0.2, -0.15) is 26.3 Å². The van der Waals surface area contributed by atoms with Crippen molar-refractivity contribution in [1.29, 1.82) is 0 Å². The number of hydrogen-bond donors (Lipinski definition) is 3. The van der Waals surface area contributed by atoms with Crippen molar-refractivity contribution in [1.82, 2.24) is 4.90 Å². The van der Waals surface area contributed by atoms with Crippen molar-refractivity contribution in [3.05, 3.63) is 11.8 Å². The smallest absolute Gasteiger partial charge is 0.477 e. The van der Waals surface area contributed by atoms with Crippen LogP contribution in [-0.2, 0) is 19.2 Å².